The second-order valence-electron chi connectivity index (χ2n) is 19.6. The molecule has 0 radical (unpaired) electrons. The molecule has 0 aromatic carbocycles. The molecule has 0 spiro atoms. The molecule has 374 valence electrons. The molecular weight excluding hydrogens is 844 g/mol. The molecule has 20 heteroatoms. The Morgan fingerprint density at radius 1 is 0.797 bits per heavy atom. The fourth-order valence-electron chi connectivity index (χ4n) is 10.0. The van der Waals surface area contributed by atoms with Crippen LogP contribution in [0.5, 0.6) is 0 Å². The van der Waals surface area contributed by atoms with E-state index >= 15 is 0 Å². The third kappa shape index (κ3) is 11.9. The molecule has 0 bridgehead atoms. The van der Waals surface area contributed by atoms with Crippen LogP contribution in [0.2, 0.25) is 0 Å². The summed E-state index contributed by atoms with van der Waals surface area (Å²) in [6, 6.07) is -0.380. The lowest BCUT2D eigenvalue weighted by molar-refractivity contribution is -0.317. The van der Waals surface area contributed by atoms with Crippen LogP contribution in [-0.4, -0.2) is 207 Å². The first kappa shape index (κ1) is 54.9. The lowest BCUT2D eigenvalue weighted by Gasteiger charge is -2.49. The van der Waals surface area contributed by atoms with Gasteiger partial charge in [0, 0.05) is 44.4 Å². The Kier molecular flexibility index (Phi) is 19.0. The summed E-state index contributed by atoms with van der Waals surface area (Å²) < 4.78 is 48.4. The molecule has 0 aromatic heterocycles. The van der Waals surface area contributed by atoms with Crippen LogP contribution in [0.25, 0.3) is 0 Å². The number of ether oxygens (including phenoxy) is 8. The maximum Gasteiger partial charge on any atom is 0.311 e. The van der Waals surface area contributed by atoms with Gasteiger partial charge < -0.3 is 88.5 Å². The summed E-state index contributed by atoms with van der Waals surface area (Å²) in [5.74, 6) is -4.64. The highest BCUT2D eigenvalue weighted by Crippen LogP contribution is 2.41. The highest BCUT2D eigenvalue weighted by atomic mass is 16.7. The van der Waals surface area contributed by atoms with Gasteiger partial charge in [-0.15, -0.1) is 0 Å². The van der Waals surface area contributed by atoms with Gasteiger partial charge in [-0.1, -0.05) is 32.9 Å². The zero-order valence-corrected chi connectivity index (χ0v) is 40.1. The van der Waals surface area contributed by atoms with Gasteiger partial charge in [0.2, 0.25) is 0 Å². The van der Waals surface area contributed by atoms with E-state index in [2.05, 4.69) is 5.16 Å². The monoisotopic (exact) mass is 925 g/mol. The smallest absolute Gasteiger partial charge is 0.311 e. The molecule has 4 heterocycles. The van der Waals surface area contributed by atoms with Crippen molar-refractivity contribution in [1.82, 2.24) is 4.90 Å². The van der Waals surface area contributed by atoms with Gasteiger partial charge in [-0.2, -0.15) is 0 Å². The highest BCUT2D eigenvalue weighted by molar-refractivity contribution is 5.88. The first-order valence-electron chi connectivity index (χ1n) is 22.6. The topological polar surface area (TPSA) is 278 Å². The van der Waals surface area contributed by atoms with Gasteiger partial charge in [-0.3, -0.25) is 4.79 Å². The van der Waals surface area contributed by atoms with E-state index in [4.69, 9.17) is 42.7 Å². The number of rotatable bonds is 11. The molecule has 20 nitrogen and oxygen atoms in total. The van der Waals surface area contributed by atoms with Gasteiger partial charge in [-0.25, -0.2) is 0 Å². The molecule has 4 saturated heterocycles. The minimum Gasteiger partial charge on any atom is -0.459 e. The predicted octanol–water partition coefficient (Wildman–Crippen LogP) is 0.0431. The lowest BCUT2D eigenvalue weighted by atomic mass is 9.73. The SMILES string of the molecule is CC[C@@H]1OC(=O)[C@H](C)[C@@H](O[C@H]2C[C@@](C)(OC)[C@@H](O)[C@H](C)O2)[C@H](C)[C@@H](O[C@@H]2O[C@H](C)C[C@H](N(C)C)[C@H]2O)[C@](C)(O)C[C@@H](C)/C(=N\OC[C@H]2O[C@H](OC)[C@H](O)[C@@H](O)[C@@H]2O)[C@H](C)[C@@H](O)[C@]1(C)O. The summed E-state index contributed by atoms with van der Waals surface area (Å²) in [6.07, 6.45) is -17.7. The molecule has 64 heavy (non-hydrogen) atoms. The summed E-state index contributed by atoms with van der Waals surface area (Å²) in [7, 11) is 6.40. The highest BCUT2D eigenvalue weighted by Gasteiger charge is 2.54. The molecule has 0 aliphatic carbocycles. The van der Waals surface area contributed by atoms with Crippen molar-refractivity contribution >= 4 is 11.7 Å². The van der Waals surface area contributed by atoms with E-state index in [1.165, 1.54) is 28.1 Å². The van der Waals surface area contributed by atoms with Gasteiger partial charge >= 0.3 is 5.97 Å². The van der Waals surface area contributed by atoms with E-state index < -0.39 is 139 Å². The zero-order chi connectivity index (χ0) is 48.4. The summed E-state index contributed by atoms with van der Waals surface area (Å²) in [5, 5.41) is 95.5. The molecule has 0 unspecified atom stereocenters. The molecule has 4 aliphatic rings. The third-order valence-corrected chi connectivity index (χ3v) is 14.2. The normalized spacial score (nSPS) is 49.9. The number of carbonyl (C=O) groups is 1. The van der Waals surface area contributed by atoms with Crippen LogP contribution in [0.1, 0.15) is 94.9 Å². The predicted molar refractivity (Wildman–Crippen MR) is 228 cm³/mol. The largest absolute Gasteiger partial charge is 0.459 e. The molecule has 8 N–H and O–H groups in total. The molecular formula is C44H80N2O18. The summed E-state index contributed by atoms with van der Waals surface area (Å²) in [5.41, 5.74) is -4.91. The quantitative estimate of drug-likeness (QED) is 0.100. The van der Waals surface area contributed by atoms with Gasteiger partial charge in [0.15, 0.2) is 18.9 Å². The second-order valence-corrected chi connectivity index (χ2v) is 19.6. The second kappa shape index (κ2) is 22.2. The minimum absolute atomic E-state index is 0.0518. The van der Waals surface area contributed by atoms with Crippen molar-refractivity contribution in [3.05, 3.63) is 0 Å². The molecule has 4 aliphatic heterocycles. The van der Waals surface area contributed by atoms with Crippen molar-refractivity contribution in [2.75, 3.05) is 34.9 Å². The standard InChI is InChI=1S/C44H80N2O18/c1-15-28-44(10,55)36(51)22(4)30(45-58-19-27-32(48)33(49)34(50)40(56-13)61-27)20(2)17-42(8,54)38(64-41-31(47)26(46(11)12)16-21(3)59-41)23(5)35(24(6)39(53)62-28)63-29-18-43(9,57-14)37(52)25(7)60-29/h20-29,31-38,40-41,47-52,54-55H,15-19H2,1-14H3/b45-30+/t20-,21-,22+,23+,24-,25+,26+,27-,28+,29+,31-,32-,33+,34-,35+,36-,37+,38-,40+,41+,42-,43-,44-/m1/s1. The summed E-state index contributed by atoms with van der Waals surface area (Å²) in [6.45, 7) is 16.0. The number of carbonyl (C=O) groups excluding carboxylic acids is 1. The number of likely N-dealkylation sites (N-methyl/N-ethyl adjacent to an activating group) is 1. The van der Waals surface area contributed by atoms with Crippen molar-refractivity contribution in [2.24, 2.45) is 28.8 Å². The Hall–Kier alpha value is -1.70. The van der Waals surface area contributed by atoms with Gasteiger partial charge in [0.25, 0.3) is 0 Å². The van der Waals surface area contributed by atoms with E-state index in [0.29, 0.717) is 6.42 Å². The first-order chi connectivity index (χ1) is 29.7. The van der Waals surface area contributed by atoms with Crippen LogP contribution >= 0.6 is 0 Å². The Morgan fingerprint density at radius 3 is 2.02 bits per heavy atom. The number of methoxy groups -OCH3 is 2. The molecule has 0 aromatic rings. The van der Waals surface area contributed by atoms with Crippen molar-refractivity contribution in [3.8, 4) is 0 Å². The van der Waals surface area contributed by atoms with Crippen LogP contribution in [-0.2, 0) is 47.5 Å². The van der Waals surface area contributed by atoms with E-state index in [1.54, 1.807) is 48.5 Å². The maximum absolute atomic E-state index is 14.4. The molecule has 4 rings (SSSR count). The van der Waals surface area contributed by atoms with Crippen LogP contribution in [0.3, 0.4) is 0 Å². The summed E-state index contributed by atoms with van der Waals surface area (Å²) >= 11 is 0. The van der Waals surface area contributed by atoms with Crippen molar-refractivity contribution in [3.63, 3.8) is 0 Å². The Labute approximate surface area is 378 Å². The van der Waals surface area contributed by atoms with Gasteiger partial charge in [0.1, 0.15) is 54.9 Å². The van der Waals surface area contributed by atoms with E-state index in [1.807, 2.05) is 25.9 Å². The van der Waals surface area contributed by atoms with Crippen LogP contribution < -0.4 is 0 Å². The van der Waals surface area contributed by atoms with Crippen molar-refractivity contribution in [2.45, 2.75) is 210 Å². The number of hydrogen-bond acceptors (Lipinski definition) is 20. The number of esters is 1. The third-order valence-electron chi connectivity index (χ3n) is 14.2. The van der Waals surface area contributed by atoms with E-state index in [0.717, 1.165) is 0 Å². The number of nitrogens with zero attached hydrogens (tertiary/aromatic N) is 2. The number of cyclic esters (lactones) is 1. The Bertz CT molecular complexity index is 1520. The molecule has 4 fully saturated rings. The number of hydrogen-bond donors (Lipinski definition) is 8. The van der Waals surface area contributed by atoms with E-state index in [-0.39, 0.29) is 37.1 Å². The number of aliphatic hydroxyl groups is 8. The fraction of sp³-hybridized carbons (Fsp3) is 0.955. The van der Waals surface area contributed by atoms with Crippen LogP contribution in [0.15, 0.2) is 5.16 Å². The fourth-order valence-corrected chi connectivity index (χ4v) is 10.0. The minimum atomic E-state index is -2.08. The molecule has 0 saturated carbocycles. The van der Waals surface area contributed by atoms with Gasteiger partial charge in [-0.05, 0) is 74.9 Å². The van der Waals surface area contributed by atoms with Crippen molar-refractivity contribution < 1.29 is 88.4 Å². The van der Waals surface area contributed by atoms with Crippen LogP contribution in [0.4, 0.5) is 0 Å². The average Bonchev–Trinajstić information content (AvgIpc) is 3.23. The zero-order valence-electron chi connectivity index (χ0n) is 40.1. The molecule has 0 amide bonds. The Morgan fingerprint density at radius 2 is 1.44 bits per heavy atom. The first-order valence-corrected chi connectivity index (χ1v) is 22.6. The maximum atomic E-state index is 14.4. The number of aliphatic hydroxyl groups excluding tert-OH is 6. The lowest BCUT2D eigenvalue weighted by Crippen LogP contribution is -2.61. The van der Waals surface area contributed by atoms with Crippen LogP contribution in [0, 0.1) is 23.7 Å². The average molecular weight is 925 g/mol. The molecule has 23 atom stereocenters. The van der Waals surface area contributed by atoms with Gasteiger partial charge in [0.05, 0.1) is 53.4 Å². The Balaban J connectivity index is 1.85. The number of oxime groups is 1. The van der Waals surface area contributed by atoms with Crippen molar-refractivity contribution in [1.29, 1.82) is 0 Å². The summed E-state index contributed by atoms with van der Waals surface area (Å²) in [4.78, 5) is 22.1. The van der Waals surface area contributed by atoms with E-state index in [9.17, 15) is 45.6 Å².